The van der Waals surface area contributed by atoms with Crippen LogP contribution in [0.25, 0.3) is 0 Å². The van der Waals surface area contributed by atoms with Crippen molar-refractivity contribution in [3.8, 4) is 0 Å². The highest BCUT2D eigenvalue weighted by Crippen LogP contribution is 2.20. The molecule has 0 aliphatic rings. The zero-order chi connectivity index (χ0) is 12.1. The van der Waals surface area contributed by atoms with Gasteiger partial charge in [-0.1, -0.05) is 0 Å². The lowest BCUT2D eigenvalue weighted by Crippen LogP contribution is -2.21. The SMILES string of the molecule is Cc1cc([N+](=O)[O-])ccc1NCC(O)CCl. The molecule has 0 aromatic heterocycles. The maximum absolute atomic E-state index is 10.5. The van der Waals surface area contributed by atoms with E-state index in [1.165, 1.54) is 12.1 Å². The molecule has 1 unspecified atom stereocenters. The third-order valence-electron chi connectivity index (χ3n) is 2.13. The van der Waals surface area contributed by atoms with Crippen molar-refractivity contribution in [1.82, 2.24) is 0 Å². The van der Waals surface area contributed by atoms with E-state index < -0.39 is 11.0 Å². The fourth-order valence-corrected chi connectivity index (χ4v) is 1.35. The van der Waals surface area contributed by atoms with Crippen molar-refractivity contribution in [1.29, 1.82) is 0 Å². The highest BCUT2D eigenvalue weighted by molar-refractivity contribution is 6.18. The predicted molar refractivity (Wildman–Crippen MR) is 63.0 cm³/mol. The van der Waals surface area contributed by atoms with Crippen molar-refractivity contribution >= 4 is 23.0 Å². The lowest BCUT2D eigenvalue weighted by atomic mass is 10.1. The number of aliphatic hydroxyl groups is 1. The number of rotatable bonds is 5. The minimum atomic E-state index is -0.628. The van der Waals surface area contributed by atoms with Crippen LogP contribution in [0.1, 0.15) is 5.56 Å². The van der Waals surface area contributed by atoms with Crippen molar-refractivity contribution in [3.05, 3.63) is 33.9 Å². The summed E-state index contributed by atoms with van der Waals surface area (Å²) in [6.45, 7) is 2.09. The summed E-state index contributed by atoms with van der Waals surface area (Å²) in [6.07, 6.45) is -0.628. The van der Waals surface area contributed by atoms with Crippen LogP contribution in [0, 0.1) is 17.0 Å². The summed E-state index contributed by atoms with van der Waals surface area (Å²) in [5.74, 6) is 0.152. The van der Waals surface area contributed by atoms with Crippen molar-refractivity contribution in [3.63, 3.8) is 0 Å². The van der Waals surface area contributed by atoms with Crippen LogP contribution >= 0.6 is 11.6 Å². The zero-order valence-corrected chi connectivity index (χ0v) is 9.57. The van der Waals surface area contributed by atoms with Crippen LogP contribution in [0.3, 0.4) is 0 Å². The fourth-order valence-electron chi connectivity index (χ4n) is 1.24. The highest BCUT2D eigenvalue weighted by atomic mass is 35.5. The summed E-state index contributed by atoms with van der Waals surface area (Å²) in [6, 6.07) is 4.52. The topological polar surface area (TPSA) is 75.4 Å². The lowest BCUT2D eigenvalue weighted by molar-refractivity contribution is -0.384. The Morgan fingerprint density at radius 3 is 2.81 bits per heavy atom. The van der Waals surface area contributed by atoms with E-state index in [9.17, 15) is 15.2 Å². The Morgan fingerprint density at radius 1 is 1.62 bits per heavy atom. The molecule has 1 aromatic carbocycles. The number of hydrogen-bond acceptors (Lipinski definition) is 4. The number of nitrogens with one attached hydrogen (secondary N) is 1. The number of benzene rings is 1. The number of nitro benzene ring substituents is 1. The molecule has 0 spiro atoms. The summed E-state index contributed by atoms with van der Waals surface area (Å²) in [5, 5.41) is 22.7. The molecular weight excluding hydrogens is 232 g/mol. The number of nitro groups is 1. The first-order valence-electron chi connectivity index (χ1n) is 4.77. The average Bonchev–Trinajstić information content (AvgIpc) is 2.26. The van der Waals surface area contributed by atoms with Crippen LogP contribution in [0.2, 0.25) is 0 Å². The number of halogens is 1. The number of anilines is 1. The number of alkyl halides is 1. The molecule has 0 radical (unpaired) electrons. The number of aryl methyl sites for hydroxylation is 1. The Labute approximate surface area is 98.2 Å². The molecule has 0 amide bonds. The van der Waals surface area contributed by atoms with E-state index >= 15 is 0 Å². The first kappa shape index (κ1) is 12.7. The van der Waals surface area contributed by atoms with Crippen LogP contribution in [0.5, 0.6) is 0 Å². The number of nitrogens with zero attached hydrogens (tertiary/aromatic N) is 1. The quantitative estimate of drug-likeness (QED) is 0.471. The van der Waals surface area contributed by atoms with Gasteiger partial charge in [0.1, 0.15) is 0 Å². The molecule has 0 aliphatic carbocycles. The third-order valence-corrected chi connectivity index (χ3v) is 2.48. The van der Waals surface area contributed by atoms with Crippen LogP contribution in [0.15, 0.2) is 18.2 Å². The Kier molecular flexibility index (Phi) is 4.52. The van der Waals surface area contributed by atoms with Gasteiger partial charge < -0.3 is 10.4 Å². The molecule has 2 N–H and O–H groups in total. The molecule has 1 rings (SSSR count). The fraction of sp³-hybridized carbons (Fsp3) is 0.400. The molecule has 0 bridgehead atoms. The van der Waals surface area contributed by atoms with Gasteiger partial charge in [0.15, 0.2) is 0 Å². The predicted octanol–water partition coefficient (Wildman–Crippen LogP) is 1.91. The van der Waals surface area contributed by atoms with Gasteiger partial charge in [-0.15, -0.1) is 11.6 Å². The Balaban J connectivity index is 2.72. The van der Waals surface area contributed by atoms with E-state index in [1.54, 1.807) is 13.0 Å². The van der Waals surface area contributed by atoms with Crippen molar-refractivity contribution < 1.29 is 10.0 Å². The molecule has 88 valence electrons. The molecule has 0 saturated heterocycles. The Bertz CT molecular complexity index is 384. The molecule has 0 aliphatic heterocycles. The van der Waals surface area contributed by atoms with E-state index in [1.807, 2.05) is 0 Å². The Morgan fingerprint density at radius 2 is 2.31 bits per heavy atom. The van der Waals surface area contributed by atoms with Gasteiger partial charge in [0, 0.05) is 24.4 Å². The second kappa shape index (κ2) is 5.67. The van der Waals surface area contributed by atoms with E-state index in [0.29, 0.717) is 6.54 Å². The van der Waals surface area contributed by atoms with Gasteiger partial charge in [0.05, 0.1) is 16.9 Å². The van der Waals surface area contributed by atoms with Gasteiger partial charge in [0.25, 0.3) is 5.69 Å². The molecular formula is C10H13ClN2O3. The number of hydrogen-bond donors (Lipinski definition) is 2. The van der Waals surface area contributed by atoms with Crippen LogP contribution in [-0.2, 0) is 0 Å². The Hall–Kier alpha value is -1.33. The van der Waals surface area contributed by atoms with E-state index in [2.05, 4.69) is 5.32 Å². The van der Waals surface area contributed by atoms with Crippen molar-refractivity contribution in [2.24, 2.45) is 0 Å². The first-order valence-corrected chi connectivity index (χ1v) is 5.31. The minimum absolute atomic E-state index is 0.0564. The minimum Gasteiger partial charge on any atom is -0.390 e. The van der Waals surface area contributed by atoms with Crippen LogP contribution < -0.4 is 5.32 Å². The summed E-state index contributed by atoms with van der Waals surface area (Å²) in [4.78, 5) is 10.1. The molecule has 5 nitrogen and oxygen atoms in total. The maximum Gasteiger partial charge on any atom is 0.269 e. The van der Waals surface area contributed by atoms with Gasteiger partial charge in [-0.05, 0) is 18.6 Å². The molecule has 1 atom stereocenters. The molecule has 0 saturated carbocycles. The summed E-state index contributed by atoms with van der Waals surface area (Å²) < 4.78 is 0. The van der Waals surface area contributed by atoms with Gasteiger partial charge >= 0.3 is 0 Å². The molecule has 0 fully saturated rings. The number of aliphatic hydroxyl groups excluding tert-OH is 1. The normalized spacial score (nSPS) is 12.2. The highest BCUT2D eigenvalue weighted by Gasteiger charge is 2.08. The van der Waals surface area contributed by atoms with E-state index in [4.69, 9.17) is 11.6 Å². The van der Waals surface area contributed by atoms with E-state index in [0.717, 1.165) is 11.3 Å². The molecule has 1 aromatic rings. The second-order valence-electron chi connectivity index (χ2n) is 3.45. The zero-order valence-electron chi connectivity index (χ0n) is 8.81. The summed E-state index contributed by atoms with van der Waals surface area (Å²) >= 11 is 5.45. The smallest absolute Gasteiger partial charge is 0.269 e. The van der Waals surface area contributed by atoms with Gasteiger partial charge in [-0.3, -0.25) is 10.1 Å². The van der Waals surface area contributed by atoms with Crippen LogP contribution in [-0.4, -0.2) is 28.6 Å². The van der Waals surface area contributed by atoms with Crippen molar-refractivity contribution in [2.75, 3.05) is 17.7 Å². The van der Waals surface area contributed by atoms with Gasteiger partial charge in [0.2, 0.25) is 0 Å². The van der Waals surface area contributed by atoms with Crippen molar-refractivity contribution in [2.45, 2.75) is 13.0 Å². The third kappa shape index (κ3) is 3.36. The average molecular weight is 245 g/mol. The molecule has 16 heavy (non-hydrogen) atoms. The monoisotopic (exact) mass is 244 g/mol. The molecule has 0 heterocycles. The van der Waals surface area contributed by atoms with E-state index in [-0.39, 0.29) is 11.6 Å². The van der Waals surface area contributed by atoms with Gasteiger partial charge in [-0.25, -0.2) is 0 Å². The standard InChI is InChI=1S/C10H13ClN2O3/c1-7-4-8(13(15)16)2-3-10(7)12-6-9(14)5-11/h2-4,9,12,14H,5-6H2,1H3. The lowest BCUT2D eigenvalue weighted by Gasteiger charge is -2.11. The molecule has 6 heteroatoms. The van der Waals surface area contributed by atoms with Gasteiger partial charge in [-0.2, -0.15) is 0 Å². The van der Waals surface area contributed by atoms with Crippen LogP contribution in [0.4, 0.5) is 11.4 Å². The maximum atomic E-state index is 10.5. The summed E-state index contributed by atoms with van der Waals surface area (Å²) in [7, 11) is 0. The summed E-state index contributed by atoms with van der Waals surface area (Å²) in [5.41, 5.74) is 1.58. The first-order chi connectivity index (χ1) is 7.54. The second-order valence-corrected chi connectivity index (χ2v) is 3.75. The largest absolute Gasteiger partial charge is 0.390 e. The number of non-ortho nitro benzene ring substituents is 1.